The van der Waals surface area contributed by atoms with E-state index in [1.807, 2.05) is 25.1 Å². The van der Waals surface area contributed by atoms with Gasteiger partial charge >= 0.3 is 10.1 Å². The Labute approximate surface area is 235 Å². The summed E-state index contributed by atoms with van der Waals surface area (Å²) in [7, 11) is -4.36. The molecule has 3 aromatic carbocycles. The number of carbonyl (C=O) groups excluding carboxylic acids is 2. The number of benzene rings is 3. The van der Waals surface area contributed by atoms with E-state index in [1.165, 1.54) is 42.5 Å². The number of rotatable bonds is 10. The Balaban J connectivity index is 1.44. The molecule has 208 valence electrons. The molecule has 4 rings (SSSR count). The minimum atomic E-state index is -4.36. The van der Waals surface area contributed by atoms with Gasteiger partial charge in [0.05, 0.1) is 16.4 Å². The van der Waals surface area contributed by atoms with Crippen molar-refractivity contribution in [3.05, 3.63) is 98.4 Å². The lowest BCUT2D eigenvalue weighted by molar-refractivity contribution is -0.385. The van der Waals surface area contributed by atoms with Crippen LogP contribution in [0.4, 0.5) is 10.5 Å². The van der Waals surface area contributed by atoms with Crippen molar-refractivity contribution in [2.45, 2.75) is 31.6 Å². The molecule has 2 amide bonds. The summed E-state index contributed by atoms with van der Waals surface area (Å²) in [6, 6.07) is 16.4. The molecule has 0 unspecified atom stereocenters. The number of aryl methyl sites for hydroxylation is 1. The maximum atomic E-state index is 13.0. The zero-order chi connectivity index (χ0) is 29.0. The maximum absolute atomic E-state index is 13.0. The van der Waals surface area contributed by atoms with Crippen LogP contribution in [0.5, 0.6) is 11.5 Å². The Bertz CT molecular complexity index is 1620. The molecule has 1 aliphatic heterocycles. The SMILES string of the molecule is Cc1ccc(C(C)C)c(OCCN2C(=O)S/C(=C\c3cccc(OS(=O)(=O)c4cccc([N+](=O)[O-])c4)c3)C2=O)c1. The van der Waals surface area contributed by atoms with E-state index in [4.69, 9.17) is 8.92 Å². The molecule has 0 aromatic heterocycles. The van der Waals surface area contributed by atoms with Gasteiger partial charge in [0.25, 0.3) is 16.8 Å². The standard InChI is InChI=1S/C28H26N2O8S2/c1-18(2)24-11-10-19(3)14-25(24)37-13-12-29-27(31)26(39-28(29)32)16-20-6-4-8-22(15-20)38-40(35,36)23-9-5-7-21(17-23)30(33)34/h4-11,14-18H,12-13H2,1-3H3/b26-16-. The average Bonchev–Trinajstić information content (AvgIpc) is 3.16. The molecular formula is C28H26N2O8S2. The van der Waals surface area contributed by atoms with Crippen LogP contribution in [0.2, 0.25) is 0 Å². The fourth-order valence-corrected chi connectivity index (χ4v) is 5.75. The van der Waals surface area contributed by atoms with Crippen LogP contribution in [0.25, 0.3) is 6.08 Å². The van der Waals surface area contributed by atoms with Crippen LogP contribution in [0.3, 0.4) is 0 Å². The monoisotopic (exact) mass is 582 g/mol. The fraction of sp³-hybridized carbons (Fsp3) is 0.214. The summed E-state index contributed by atoms with van der Waals surface area (Å²) in [5.41, 5.74) is 2.11. The van der Waals surface area contributed by atoms with Crippen LogP contribution in [-0.4, -0.2) is 42.5 Å². The highest BCUT2D eigenvalue weighted by Gasteiger charge is 2.35. The van der Waals surface area contributed by atoms with Crippen molar-refractivity contribution in [1.29, 1.82) is 0 Å². The van der Waals surface area contributed by atoms with E-state index >= 15 is 0 Å². The molecular weight excluding hydrogens is 556 g/mol. The summed E-state index contributed by atoms with van der Waals surface area (Å²) in [5, 5.41) is 10.6. The van der Waals surface area contributed by atoms with Crippen molar-refractivity contribution in [3.63, 3.8) is 0 Å². The van der Waals surface area contributed by atoms with Crippen molar-refractivity contribution in [2.24, 2.45) is 0 Å². The van der Waals surface area contributed by atoms with Gasteiger partial charge in [-0.05, 0) is 71.6 Å². The number of imide groups is 1. The number of carbonyl (C=O) groups is 2. The number of ether oxygens (including phenoxy) is 1. The van der Waals surface area contributed by atoms with E-state index in [0.29, 0.717) is 5.56 Å². The van der Waals surface area contributed by atoms with Gasteiger partial charge in [0.2, 0.25) is 0 Å². The third-order valence-electron chi connectivity index (χ3n) is 5.92. The minimum Gasteiger partial charge on any atom is -0.491 e. The van der Waals surface area contributed by atoms with Gasteiger partial charge in [-0.25, -0.2) is 0 Å². The van der Waals surface area contributed by atoms with Gasteiger partial charge in [-0.15, -0.1) is 0 Å². The van der Waals surface area contributed by atoms with Gasteiger partial charge in [0, 0.05) is 12.1 Å². The van der Waals surface area contributed by atoms with Gasteiger partial charge in [-0.2, -0.15) is 8.42 Å². The molecule has 0 N–H and O–H groups in total. The Kier molecular flexibility index (Phi) is 8.60. The molecule has 1 fully saturated rings. The van der Waals surface area contributed by atoms with E-state index in [9.17, 15) is 28.1 Å². The number of nitrogens with zero attached hydrogens (tertiary/aromatic N) is 2. The lowest BCUT2D eigenvalue weighted by Crippen LogP contribution is -2.32. The first-order valence-corrected chi connectivity index (χ1v) is 14.4. The van der Waals surface area contributed by atoms with Gasteiger partial charge in [-0.1, -0.05) is 44.2 Å². The largest absolute Gasteiger partial charge is 0.491 e. The summed E-state index contributed by atoms with van der Waals surface area (Å²) >= 11 is 0.774. The molecule has 3 aromatic rings. The summed E-state index contributed by atoms with van der Waals surface area (Å²) in [6.07, 6.45) is 1.47. The third kappa shape index (κ3) is 6.69. The van der Waals surface area contributed by atoms with Crippen molar-refractivity contribution >= 4 is 44.8 Å². The quantitative estimate of drug-likeness (QED) is 0.124. The number of amides is 2. The van der Waals surface area contributed by atoms with Crippen molar-refractivity contribution in [2.75, 3.05) is 13.2 Å². The molecule has 0 radical (unpaired) electrons. The first-order chi connectivity index (χ1) is 18.9. The summed E-state index contributed by atoms with van der Waals surface area (Å²) in [5.74, 6) is 0.417. The number of thioether (sulfide) groups is 1. The van der Waals surface area contributed by atoms with E-state index in [2.05, 4.69) is 13.8 Å². The number of nitro benzene ring substituents is 1. The van der Waals surface area contributed by atoms with Crippen molar-refractivity contribution in [3.8, 4) is 11.5 Å². The molecule has 0 saturated carbocycles. The van der Waals surface area contributed by atoms with Crippen LogP contribution in [0, 0.1) is 17.0 Å². The minimum absolute atomic E-state index is 0.0630. The molecule has 12 heteroatoms. The molecule has 0 spiro atoms. The molecule has 0 bridgehead atoms. The Morgan fingerprint density at radius 3 is 2.52 bits per heavy atom. The highest BCUT2D eigenvalue weighted by molar-refractivity contribution is 8.18. The van der Waals surface area contributed by atoms with E-state index < -0.39 is 31.9 Å². The smallest absolute Gasteiger partial charge is 0.339 e. The Morgan fingerprint density at radius 2 is 1.80 bits per heavy atom. The highest BCUT2D eigenvalue weighted by atomic mass is 32.2. The zero-order valence-electron chi connectivity index (χ0n) is 21.9. The Hall–Kier alpha value is -4.16. The predicted molar refractivity (Wildman–Crippen MR) is 151 cm³/mol. The fourth-order valence-electron chi connectivity index (χ4n) is 3.92. The number of nitro groups is 1. The van der Waals surface area contributed by atoms with Crippen LogP contribution in [-0.2, 0) is 14.9 Å². The maximum Gasteiger partial charge on any atom is 0.339 e. The molecule has 40 heavy (non-hydrogen) atoms. The van der Waals surface area contributed by atoms with Crippen LogP contribution in [0.1, 0.15) is 36.5 Å². The molecule has 1 aliphatic rings. The first kappa shape index (κ1) is 28.8. The lowest BCUT2D eigenvalue weighted by Gasteiger charge is -2.17. The summed E-state index contributed by atoms with van der Waals surface area (Å²) < 4.78 is 36.4. The second kappa shape index (κ2) is 11.9. The van der Waals surface area contributed by atoms with Crippen molar-refractivity contribution < 1.29 is 31.9 Å². The molecule has 1 saturated heterocycles. The van der Waals surface area contributed by atoms with Gasteiger partial charge < -0.3 is 8.92 Å². The molecule has 10 nitrogen and oxygen atoms in total. The predicted octanol–water partition coefficient (Wildman–Crippen LogP) is 5.91. The van der Waals surface area contributed by atoms with E-state index in [0.717, 1.165) is 39.6 Å². The third-order valence-corrected chi connectivity index (χ3v) is 8.07. The number of hydrogen-bond acceptors (Lipinski definition) is 9. The number of hydrogen-bond donors (Lipinski definition) is 0. The van der Waals surface area contributed by atoms with Crippen molar-refractivity contribution in [1.82, 2.24) is 4.90 Å². The second-order valence-corrected chi connectivity index (χ2v) is 11.8. The van der Waals surface area contributed by atoms with Crippen LogP contribution < -0.4 is 8.92 Å². The van der Waals surface area contributed by atoms with Gasteiger partial charge in [0.1, 0.15) is 23.0 Å². The zero-order valence-corrected chi connectivity index (χ0v) is 23.5. The Morgan fingerprint density at radius 1 is 1.05 bits per heavy atom. The van der Waals surface area contributed by atoms with Crippen LogP contribution >= 0.6 is 11.8 Å². The average molecular weight is 583 g/mol. The van der Waals surface area contributed by atoms with Gasteiger partial charge in [0.15, 0.2) is 0 Å². The number of non-ortho nitro benzene ring substituents is 1. The van der Waals surface area contributed by atoms with E-state index in [-0.39, 0.29) is 34.6 Å². The lowest BCUT2D eigenvalue weighted by atomic mass is 10.0. The molecule has 0 atom stereocenters. The van der Waals surface area contributed by atoms with Gasteiger partial charge in [-0.3, -0.25) is 24.6 Å². The topological polar surface area (TPSA) is 133 Å². The molecule has 0 aliphatic carbocycles. The van der Waals surface area contributed by atoms with E-state index in [1.54, 1.807) is 6.07 Å². The first-order valence-electron chi connectivity index (χ1n) is 12.2. The van der Waals surface area contributed by atoms with Crippen LogP contribution in [0.15, 0.2) is 76.5 Å². The highest BCUT2D eigenvalue weighted by Crippen LogP contribution is 2.33. The summed E-state index contributed by atoms with van der Waals surface area (Å²) in [4.78, 5) is 36.7. The summed E-state index contributed by atoms with van der Waals surface area (Å²) in [6.45, 7) is 6.27. The second-order valence-electron chi connectivity index (χ2n) is 9.24. The molecule has 1 heterocycles. The normalized spacial score (nSPS) is 14.7.